The maximum Gasteiger partial charge on any atom is 0.260 e. The molecule has 4 heteroatoms. The van der Waals surface area contributed by atoms with Crippen molar-refractivity contribution in [1.82, 2.24) is 4.90 Å². The molecule has 124 valence electrons. The van der Waals surface area contributed by atoms with Gasteiger partial charge in [-0.05, 0) is 36.8 Å². The molecule has 2 heterocycles. The lowest BCUT2D eigenvalue weighted by Crippen LogP contribution is -2.49. The first-order chi connectivity index (χ1) is 11.6. The number of pyridine rings is 1. The molecule has 1 saturated heterocycles. The number of likely N-dealkylation sites (tertiary alicyclic amines) is 1. The average molecular weight is 323 g/mol. The Kier molecular flexibility index (Phi) is 3.65. The number of aliphatic hydroxyl groups is 1. The van der Waals surface area contributed by atoms with Crippen molar-refractivity contribution in [3.63, 3.8) is 0 Å². The smallest absolute Gasteiger partial charge is 0.260 e. The van der Waals surface area contributed by atoms with E-state index in [1.807, 2.05) is 71.4 Å². The van der Waals surface area contributed by atoms with E-state index in [-0.39, 0.29) is 11.9 Å². The van der Waals surface area contributed by atoms with E-state index in [9.17, 15) is 9.90 Å². The molecule has 3 atom stereocenters. The number of aromatic nitrogens is 1. The van der Waals surface area contributed by atoms with Crippen LogP contribution in [0.1, 0.15) is 35.2 Å². The minimum absolute atomic E-state index is 0.0231. The van der Waals surface area contributed by atoms with Crippen molar-refractivity contribution in [2.75, 3.05) is 6.54 Å². The number of hydrogen-bond donors (Lipinski definition) is 1. The number of amides is 1. The van der Waals surface area contributed by atoms with Gasteiger partial charge in [0.05, 0.1) is 6.04 Å². The highest BCUT2D eigenvalue weighted by atomic mass is 16.3. The van der Waals surface area contributed by atoms with Gasteiger partial charge in [0.1, 0.15) is 18.2 Å². The van der Waals surface area contributed by atoms with Crippen LogP contribution in [0.15, 0.2) is 54.9 Å². The summed E-state index contributed by atoms with van der Waals surface area (Å²) in [5.74, 6) is 0.409. The number of carbonyl (C=O) groups excluding carboxylic acids is 1. The fraction of sp³-hybridized carbons (Fsp3) is 0.400. The Balaban J connectivity index is 1.69. The summed E-state index contributed by atoms with van der Waals surface area (Å²) < 4.78 is 1.89. The molecule has 1 aromatic heterocycles. The molecule has 4 rings (SSSR count). The molecule has 0 radical (unpaired) electrons. The first kappa shape index (κ1) is 15.3. The van der Waals surface area contributed by atoms with Crippen LogP contribution < -0.4 is 4.57 Å². The third-order valence-corrected chi connectivity index (χ3v) is 5.63. The lowest BCUT2D eigenvalue weighted by Gasteiger charge is -2.36. The summed E-state index contributed by atoms with van der Waals surface area (Å²) in [4.78, 5) is 15.0. The van der Waals surface area contributed by atoms with Crippen molar-refractivity contribution >= 4 is 5.91 Å². The van der Waals surface area contributed by atoms with Crippen LogP contribution in [0, 0.1) is 5.92 Å². The molecular formula is C20H23N2O2+. The standard InChI is InChI=1S/C20H23N2O2/c1-21-12-5-6-16(14-21)19(23)22-13-10-15-9-11-20(24,18(15)22)17-7-3-2-4-8-17/h2-8,12,14-15,18,24H,9-11,13H2,1H3/q+1/t15-,18+,20+/m1/s1. The number of hydrogen-bond acceptors (Lipinski definition) is 2. The third-order valence-electron chi connectivity index (χ3n) is 5.63. The van der Waals surface area contributed by atoms with E-state index >= 15 is 0 Å². The molecule has 2 aromatic rings. The quantitative estimate of drug-likeness (QED) is 0.860. The van der Waals surface area contributed by atoms with Gasteiger partial charge >= 0.3 is 0 Å². The highest BCUT2D eigenvalue weighted by Crippen LogP contribution is 2.49. The van der Waals surface area contributed by atoms with E-state index in [4.69, 9.17) is 0 Å². The summed E-state index contributed by atoms with van der Waals surface area (Å²) in [6.07, 6.45) is 6.44. The summed E-state index contributed by atoms with van der Waals surface area (Å²) in [6.45, 7) is 0.724. The van der Waals surface area contributed by atoms with Crippen molar-refractivity contribution in [2.45, 2.75) is 30.9 Å². The Morgan fingerprint density at radius 2 is 2.00 bits per heavy atom. The molecule has 4 nitrogen and oxygen atoms in total. The SMILES string of the molecule is C[n+]1cccc(C(=O)N2CC[C@H]3CC[C@](O)(c4ccccc4)[C@H]32)c1. The molecule has 1 aliphatic carbocycles. The zero-order valence-corrected chi connectivity index (χ0v) is 13.9. The van der Waals surface area contributed by atoms with E-state index in [2.05, 4.69) is 0 Å². The monoisotopic (exact) mass is 323 g/mol. The molecule has 1 N–H and O–H groups in total. The molecule has 1 saturated carbocycles. The summed E-state index contributed by atoms with van der Waals surface area (Å²) >= 11 is 0. The van der Waals surface area contributed by atoms with Crippen molar-refractivity contribution in [1.29, 1.82) is 0 Å². The van der Waals surface area contributed by atoms with Crippen LogP contribution in [0.3, 0.4) is 0 Å². The number of fused-ring (bicyclic) bond motifs is 1. The van der Waals surface area contributed by atoms with E-state index in [1.165, 1.54) is 0 Å². The van der Waals surface area contributed by atoms with Crippen molar-refractivity contribution < 1.29 is 14.5 Å². The van der Waals surface area contributed by atoms with Gasteiger partial charge < -0.3 is 10.0 Å². The predicted octanol–water partition coefficient (Wildman–Crippen LogP) is 2.02. The van der Waals surface area contributed by atoms with Crippen molar-refractivity contribution in [2.24, 2.45) is 13.0 Å². The Hall–Kier alpha value is -2.20. The number of carbonyl (C=O) groups is 1. The van der Waals surface area contributed by atoms with Gasteiger partial charge in [0.25, 0.3) is 5.91 Å². The Labute approximate surface area is 142 Å². The van der Waals surface area contributed by atoms with Crippen LogP contribution in [0.4, 0.5) is 0 Å². The number of aryl methyl sites for hydroxylation is 1. The summed E-state index contributed by atoms with van der Waals surface area (Å²) in [6, 6.07) is 13.4. The highest BCUT2D eigenvalue weighted by molar-refractivity contribution is 5.94. The van der Waals surface area contributed by atoms with Gasteiger partial charge in [-0.3, -0.25) is 4.79 Å². The van der Waals surface area contributed by atoms with Gasteiger partial charge in [0.2, 0.25) is 0 Å². The van der Waals surface area contributed by atoms with Crippen LogP contribution in [0.5, 0.6) is 0 Å². The van der Waals surface area contributed by atoms with Crippen molar-refractivity contribution in [3.05, 3.63) is 66.0 Å². The number of nitrogens with zero attached hydrogens (tertiary/aromatic N) is 2. The predicted molar refractivity (Wildman–Crippen MR) is 90.1 cm³/mol. The third kappa shape index (κ3) is 2.33. The minimum Gasteiger partial charge on any atom is -0.383 e. The van der Waals surface area contributed by atoms with Gasteiger partial charge in [-0.2, -0.15) is 0 Å². The van der Waals surface area contributed by atoms with Gasteiger partial charge in [0.15, 0.2) is 12.4 Å². The average Bonchev–Trinajstić information content (AvgIpc) is 3.17. The molecule has 0 spiro atoms. The zero-order valence-electron chi connectivity index (χ0n) is 13.9. The second-order valence-corrected chi connectivity index (χ2v) is 7.08. The fourth-order valence-corrected chi connectivity index (χ4v) is 4.51. The van der Waals surface area contributed by atoms with Gasteiger partial charge in [0, 0.05) is 12.6 Å². The van der Waals surface area contributed by atoms with Gasteiger partial charge in [-0.15, -0.1) is 0 Å². The molecule has 0 bridgehead atoms. The Bertz CT molecular complexity index is 761. The molecule has 1 aliphatic heterocycles. The molecule has 2 fully saturated rings. The first-order valence-electron chi connectivity index (χ1n) is 8.64. The first-order valence-corrected chi connectivity index (χ1v) is 8.64. The normalized spacial score (nSPS) is 28.8. The Morgan fingerprint density at radius 1 is 1.21 bits per heavy atom. The van der Waals surface area contributed by atoms with E-state index in [0.717, 1.165) is 31.4 Å². The van der Waals surface area contributed by atoms with E-state index in [1.54, 1.807) is 0 Å². The molecular weight excluding hydrogens is 300 g/mol. The summed E-state index contributed by atoms with van der Waals surface area (Å²) in [7, 11) is 1.92. The van der Waals surface area contributed by atoms with Crippen LogP contribution in [-0.4, -0.2) is 28.5 Å². The molecule has 0 unspecified atom stereocenters. The molecule has 24 heavy (non-hydrogen) atoms. The van der Waals surface area contributed by atoms with Gasteiger partial charge in [-0.1, -0.05) is 30.3 Å². The van der Waals surface area contributed by atoms with Crippen LogP contribution in [-0.2, 0) is 12.6 Å². The van der Waals surface area contributed by atoms with Crippen LogP contribution in [0.25, 0.3) is 0 Å². The second kappa shape index (κ2) is 5.71. The van der Waals surface area contributed by atoms with Gasteiger partial charge in [-0.25, -0.2) is 4.57 Å². The zero-order chi connectivity index (χ0) is 16.7. The largest absolute Gasteiger partial charge is 0.383 e. The Morgan fingerprint density at radius 3 is 2.75 bits per heavy atom. The second-order valence-electron chi connectivity index (χ2n) is 7.08. The minimum atomic E-state index is -0.935. The van der Waals surface area contributed by atoms with E-state index in [0.29, 0.717) is 11.5 Å². The molecule has 2 aliphatic rings. The maximum atomic E-state index is 13.1. The molecule has 1 aromatic carbocycles. The van der Waals surface area contributed by atoms with E-state index < -0.39 is 5.60 Å². The fourth-order valence-electron chi connectivity index (χ4n) is 4.51. The lowest BCUT2D eigenvalue weighted by atomic mass is 9.86. The highest BCUT2D eigenvalue weighted by Gasteiger charge is 2.55. The van der Waals surface area contributed by atoms with Crippen molar-refractivity contribution in [3.8, 4) is 0 Å². The van der Waals surface area contributed by atoms with Crippen LogP contribution in [0.2, 0.25) is 0 Å². The number of benzene rings is 1. The maximum absolute atomic E-state index is 13.1. The lowest BCUT2D eigenvalue weighted by molar-refractivity contribution is -0.671. The summed E-state index contributed by atoms with van der Waals surface area (Å²) in [5.41, 5.74) is 0.675. The summed E-state index contributed by atoms with van der Waals surface area (Å²) in [5, 5.41) is 11.5. The van der Waals surface area contributed by atoms with Crippen LogP contribution >= 0.6 is 0 Å². The molecule has 1 amide bonds. The topological polar surface area (TPSA) is 44.4 Å². The number of rotatable bonds is 2.